The van der Waals surface area contributed by atoms with Gasteiger partial charge >= 0.3 is 12.1 Å². The number of nitrogens with one attached hydrogen (secondary N) is 1. The van der Waals surface area contributed by atoms with E-state index in [1.54, 1.807) is 20.8 Å². The highest BCUT2D eigenvalue weighted by molar-refractivity contribution is 5.76. The van der Waals surface area contributed by atoms with E-state index in [1.807, 2.05) is 30.3 Å². The van der Waals surface area contributed by atoms with Crippen LogP contribution in [0.4, 0.5) is 4.79 Å². The summed E-state index contributed by atoms with van der Waals surface area (Å²) < 4.78 is 10.4. The van der Waals surface area contributed by atoms with Crippen molar-refractivity contribution in [2.75, 3.05) is 0 Å². The zero-order valence-electron chi connectivity index (χ0n) is 14.6. The summed E-state index contributed by atoms with van der Waals surface area (Å²) in [5.74, 6) is -1.43. The van der Waals surface area contributed by atoms with Crippen LogP contribution in [0.15, 0.2) is 30.3 Å². The lowest BCUT2D eigenvalue weighted by Gasteiger charge is -2.25. The van der Waals surface area contributed by atoms with Crippen LogP contribution in [0.5, 0.6) is 0 Å². The Balaban J connectivity index is 1.98. The van der Waals surface area contributed by atoms with Crippen molar-refractivity contribution in [3.05, 3.63) is 35.9 Å². The van der Waals surface area contributed by atoms with Crippen molar-refractivity contribution in [2.45, 2.75) is 57.6 Å². The lowest BCUT2D eigenvalue weighted by atomic mass is 10.0. The zero-order valence-corrected chi connectivity index (χ0v) is 14.6. The van der Waals surface area contributed by atoms with Crippen LogP contribution in [0.1, 0.15) is 32.8 Å². The molecule has 0 aliphatic heterocycles. The molecular formula is C18H25NO6. The first-order valence-corrected chi connectivity index (χ1v) is 8.23. The van der Waals surface area contributed by atoms with Crippen molar-refractivity contribution >= 4 is 12.1 Å². The first-order chi connectivity index (χ1) is 11.7. The van der Waals surface area contributed by atoms with Gasteiger partial charge in [-0.15, -0.1) is 0 Å². The quantitative estimate of drug-likeness (QED) is 0.708. The maximum absolute atomic E-state index is 12.4. The van der Waals surface area contributed by atoms with Gasteiger partial charge < -0.3 is 25.0 Å². The van der Waals surface area contributed by atoms with Gasteiger partial charge in [0, 0.05) is 0 Å². The number of hydrogen-bond donors (Lipinski definition) is 3. The van der Waals surface area contributed by atoms with Crippen LogP contribution in [0.2, 0.25) is 0 Å². The first kappa shape index (κ1) is 19.2. The van der Waals surface area contributed by atoms with E-state index in [4.69, 9.17) is 9.47 Å². The van der Waals surface area contributed by atoms with Crippen LogP contribution >= 0.6 is 0 Å². The fourth-order valence-corrected chi connectivity index (χ4v) is 2.73. The summed E-state index contributed by atoms with van der Waals surface area (Å²) in [5, 5.41) is 22.4. The van der Waals surface area contributed by atoms with Gasteiger partial charge in [0.2, 0.25) is 0 Å². The Morgan fingerprint density at radius 2 is 1.84 bits per heavy atom. The average Bonchev–Trinajstić information content (AvgIpc) is 2.80. The van der Waals surface area contributed by atoms with Gasteiger partial charge in [-0.2, -0.15) is 0 Å². The molecule has 0 heterocycles. The molecule has 0 radical (unpaired) electrons. The van der Waals surface area contributed by atoms with Gasteiger partial charge in [0.15, 0.2) is 0 Å². The number of aliphatic hydroxyl groups excluding tert-OH is 2. The lowest BCUT2D eigenvalue weighted by molar-refractivity contribution is -0.150. The summed E-state index contributed by atoms with van der Waals surface area (Å²) in [5.41, 5.74) is 0.113. The van der Waals surface area contributed by atoms with Gasteiger partial charge in [-0.05, 0) is 32.8 Å². The highest BCUT2D eigenvalue weighted by Crippen LogP contribution is 2.28. The number of hydrogen-bond acceptors (Lipinski definition) is 6. The van der Waals surface area contributed by atoms with Crippen LogP contribution < -0.4 is 5.32 Å². The maximum atomic E-state index is 12.4. The van der Waals surface area contributed by atoms with E-state index in [2.05, 4.69) is 5.32 Å². The second-order valence-electron chi connectivity index (χ2n) is 7.17. The molecule has 25 heavy (non-hydrogen) atoms. The average molecular weight is 351 g/mol. The summed E-state index contributed by atoms with van der Waals surface area (Å²) in [6.45, 7) is 5.20. The van der Waals surface area contributed by atoms with Crippen LogP contribution in [0, 0.1) is 5.92 Å². The molecular weight excluding hydrogens is 326 g/mol. The van der Waals surface area contributed by atoms with E-state index in [0.29, 0.717) is 0 Å². The number of benzene rings is 1. The Morgan fingerprint density at radius 1 is 1.20 bits per heavy atom. The first-order valence-electron chi connectivity index (χ1n) is 8.23. The zero-order chi connectivity index (χ0) is 18.6. The van der Waals surface area contributed by atoms with E-state index in [9.17, 15) is 19.8 Å². The van der Waals surface area contributed by atoms with E-state index in [-0.39, 0.29) is 13.0 Å². The molecule has 1 aromatic rings. The number of carbonyl (C=O) groups excluding carboxylic acids is 2. The van der Waals surface area contributed by atoms with Crippen LogP contribution in [-0.4, -0.2) is 46.1 Å². The minimum Gasteiger partial charge on any atom is -0.461 e. The fourth-order valence-electron chi connectivity index (χ4n) is 2.73. The molecule has 1 aliphatic rings. The standard InChI is InChI=1S/C18H25NO6/c1-18(2,3)25-17(23)19-14-12(9-13(20)15(14)21)16(22)24-10-11-7-5-4-6-8-11/h4-8,12-15,20-21H,9-10H2,1-3H3,(H,19,23)/t12-,13-,14+,15-/m0/s1. The lowest BCUT2D eigenvalue weighted by Crippen LogP contribution is -2.49. The van der Waals surface area contributed by atoms with Gasteiger partial charge in [-0.3, -0.25) is 4.79 Å². The number of aliphatic hydroxyl groups is 2. The topological polar surface area (TPSA) is 105 Å². The third kappa shape index (κ3) is 5.44. The van der Waals surface area contributed by atoms with Crippen LogP contribution in [-0.2, 0) is 20.9 Å². The predicted molar refractivity (Wildman–Crippen MR) is 89.5 cm³/mol. The van der Waals surface area contributed by atoms with Crippen molar-refractivity contribution in [3.63, 3.8) is 0 Å². The Kier molecular flexibility index (Phi) is 6.02. The van der Waals surface area contributed by atoms with E-state index in [1.165, 1.54) is 0 Å². The Labute approximate surface area is 146 Å². The van der Waals surface area contributed by atoms with E-state index in [0.717, 1.165) is 5.56 Å². The SMILES string of the molecule is CC(C)(C)OC(=O)N[C@H]1[C@@H](O)[C@@H](O)C[C@@H]1C(=O)OCc1ccccc1. The molecule has 0 aromatic heterocycles. The molecule has 1 amide bonds. The number of ether oxygens (including phenoxy) is 2. The van der Waals surface area contributed by atoms with E-state index >= 15 is 0 Å². The monoisotopic (exact) mass is 351 g/mol. The molecule has 1 saturated carbocycles. The minimum atomic E-state index is -1.26. The smallest absolute Gasteiger partial charge is 0.407 e. The minimum absolute atomic E-state index is 0.00918. The second kappa shape index (κ2) is 7.84. The Morgan fingerprint density at radius 3 is 2.44 bits per heavy atom. The summed E-state index contributed by atoms with van der Waals surface area (Å²) in [6.07, 6.45) is -3.13. The highest BCUT2D eigenvalue weighted by Gasteiger charge is 2.47. The molecule has 0 unspecified atom stereocenters. The molecule has 3 N–H and O–H groups in total. The van der Waals surface area contributed by atoms with Crippen molar-refractivity contribution in [1.29, 1.82) is 0 Å². The van der Waals surface area contributed by atoms with Gasteiger partial charge in [-0.25, -0.2) is 4.79 Å². The number of amides is 1. The van der Waals surface area contributed by atoms with Gasteiger partial charge in [0.1, 0.15) is 18.3 Å². The van der Waals surface area contributed by atoms with Gasteiger partial charge in [0.05, 0.1) is 18.1 Å². The van der Waals surface area contributed by atoms with Gasteiger partial charge in [0.25, 0.3) is 0 Å². The number of alkyl carbamates (subject to hydrolysis) is 1. The number of esters is 1. The molecule has 2 rings (SSSR count). The summed E-state index contributed by atoms with van der Waals surface area (Å²) >= 11 is 0. The van der Waals surface area contributed by atoms with Crippen LogP contribution in [0.3, 0.4) is 0 Å². The fraction of sp³-hybridized carbons (Fsp3) is 0.556. The summed E-state index contributed by atoms with van der Waals surface area (Å²) in [7, 11) is 0. The van der Waals surface area contributed by atoms with Crippen molar-refractivity contribution in [2.24, 2.45) is 5.92 Å². The molecule has 4 atom stereocenters. The number of rotatable bonds is 4. The predicted octanol–water partition coefficient (Wildman–Crippen LogP) is 1.36. The van der Waals surface area contributed by atoms with Crippen molar-refractivity contribution < 1.29 is 29.3 Å². The largest absolute Gasteiger partial charge is 0.461 e. The second-order valence-corrected chi connectivity index (χ2v) is 7.17. The third-order valence-electron chi connectivity index (χ3n) is 3.90. The van der Waals surface area contributed by atoms with Gasteiger partial charge in [-0.1, -0.05) is 30.3 Å². The molecule has 7 heteroatoms. The maximum Gasteiger partial charge on any atom is 0.407 e. The molecule has 1 fully saturated rings. The molecule has 1 aliphatic carbocycles. The third-order valence-corrected chi connectivity index (χ3v) is 3.90. The molecule has 7 nitrogen and oxygen atoms in total. The number of carbonyl (C=O) groups is 2. The molecule has 1 aromatic carbocycles. The Bertz CT molecular complexity index is 597. The molecule has 0 saturated heterocycles. The van der Waals surface area contributed by atoms with Crippen molar-refractivity contribution in [1.82, 2.24) is 5.32 Å². The molecule has 0 spiro atoms. The molecule has 138 valence electrons. The summed E-state index contributed by atoms with van der Waals surface area (Å²) in [4.78, 5) is 24.3. The van der Waals surface area contributed by atoms with E-state index < -0.39 is 41.8 Å². The normalized spacial score (nSPS) is 26.1. The molecule has 0 bridgehead atoms. The highest BCUT2D eigenvalue weighted by atomic mass is 16.6. The summed E-state index contributed by atoms with van der Waals surface area (Å²) in [6, 6.07) is 8.20. The Hall–Kier alpha value is -2.12. The van der Waals surface area contributed by atoms with Crippen molar-refractivity contribution in [3.8, 4) is 0 Å². The van der Waals surface area contributed by atoms with Crippen LogP contribution in [0.25, 0.3) is 0 Å².